The molecule has 8 nitrogen and oxygen atoms in total. The molecular weight excluding hydrogens is 392 g/mol. The number of piperazine rings is 1. The molecule has 1 saturated heterocycles. The number of anilines is 1. The predicted molar refractivity (Wildman–Crippen MR) is 117 cm³/mol. The lowest BCUT2D eigenvalue weighted by atomic mass is 10.2. The molecule has 9 heteroatoms. The zero-order valence-electron chi connectivity index (χ0n) is 17.3. The Balaban J connectivity index is 1.64. The van der Waals surface area contributed by atoms with Crippen LogP contribution in [0.2, 0.25) is 5.02 Å². The summed E-state index contributed by atoms with van der Waals surface area (Å²) < 4.78 is 6.05. The lowest BCUT2D eigenvalue weighted by molar-refractivity contribution is 0.0783. The second-order valence-corrected chi connectivity index (χ2v) is 8.06. The number of ether oxygens (including phenoxy) is 1. The number of nitrogens with zero attached hydrogens (tertiary/aromatic N) is 3. The van der Waals surface area contributed by atoms with Crippen molar-refractivity contribution in [2.45, 2.75) is 25.9 Å². The Labute approximate surface area is 176 Å². The van der Waals surface area contributed by atoms with Crippen LogP contribution < -0.4 is 20.7 Å². The van der Waals surface area contributed by atoms with Crippen molar-refractivity contribution in [2.75, 3.05) is 45.7 Å². The molecule has 29 heavy (non-hydrogen) atoms. The molecule has 0 radical (unpaired) electrons. The highest BCUT2D eigenvalue weighted by Gasteiger charge is 2.23. The van der Waals surface area contributed by atoms with Crippen LogP contribution in [0.25, 0.3) is 0 Å². The number of rotatable bonds is 4. The van der Waals surface area contributed by atoms with E-state index in [4.69, 9.17) is 16.3 Å². The number of benzene rings is 1. The van der Waals surface area contributed by atoms with Crippen LogP contribution in [0.4, 0.5) is 10.5 Å². The summed E-state index contributed by atoms with van der Waals surface area (Å²) in [6.07, 6.45) is 1.68. The van der Waals surface area contributed by atoms with Crippen molar-refractivity contribution in [2.24, 2.45) is 4.99 Å². The van der Waals surface area contributed by atoms with E-state index in [1.807, 2.05) is 13.8 Å². The van der Waals surface area contributed by atoms with E-state index in [2.05, 4.69) is 44.8 Å². The van der Waals surface area contributed by atoms with Crippen LogP contribution >= 0.6 is 11.6 Å². The van der Waals surface area contributed by atoms with Crippen LogP contribution in [0.15, 0.2) is 35.1 Å². The zero-order chi connectivity index (χ0) is 21.0. The van der Waals surface area contributed by atoms with E-state index in [1.165, 1.54) is 0 Å². The third kappa shape index (κ3) is 5.85. The van der Waals surface area contributed by atoms with Gasteiger partial charge in [-0.2, -0.15) is 0 Å². The predicted octanol–water partition coefficient (Wildman–Crippen LogP) is 2.34. The first-order valence-electron chi connectivity index (χ1n) is 9.72. The molecule has 2 aliphatic rings. The van der Waals surface area contributed by atoms with Gasteiger partial charge in [-0.3, -0.25) is 10.2 Å². The Kier molecular flexibility index (Phi) is 7.00. The van der Waals surface area contributed by atoms with Gasteiger partial charge in [0, 0.05) is 36.6 Å². The Morgan fingerprint density at radius 2 is 2.14 bits per heavy atom. The molecule has 3 N–H and O–H groups in total. The molecule has 2 amide bonds. The highest BCUT2D eigenvalue weighted by Crippen LogP contribution is 2.28. The quantitative estimate of drug-likeness (QED) is 0.696. The Bertz CT molecular complexity index is 812. The standard InChI is InChI=1S/C20H29ClN6O2/c1-13-10-22-19(14(2)23-13)25-20(28)24-17-9-15(21)5-6-18(17)29-12-16-11-26(3)7-8-27(16)4/h5-6,9-10,14,16,23H,7-8,11-12H2,1-4H3,(H2,22,24,25,28). The van der Waals surface area contributed by atoms with E-state index in [9.17, 15) is 4.79 Å². The maximum absolute atomic E-state index is 12.5. The van der Waals surface area contributed by atoms with Crippen molar-refractivity contribution < 1.29 is 9.53 Å². The van der Waals surface area contributed by atoms with Crippen LogP contribution in [0.3, 0.4) is 0 Å². The third-order valence-corrected chi connectivity index (χ3v) is 5.33. The van der Waals surface area contributed by atoms with Gasteiger partial charge in [0.25, 0.3) is 0 Å². The van der Waals surface area contributed by atoms with E-state index in [-0.39, 0.29) is 12.1 Å². The first-order valence-corrected chi connectivity index (χ1v) is 10.1. The van der Waals surface area contributed by atoms with Gasteiger partial charge in [-0.05, 0) is 46.1 Å². The van der Waals surface area contributed by atoms with Gasteiger partial charge in [0.15, 0.2) is 0 Å². The number of amidine groups is 1. The fraction of sp³-hybridized carbons (Fsp3) is 0.500. The number of nitrogens with one attached hydrogen (secondary N) is 3. The van der Waals surface area contributed by atoms with Crippen LogP contribution in [-0.4, -0.2) is 74.1 Å². The number of carbonyl (C=O) groups excluding carboxylic acids is 1. The highest BCUT2D eigenvalue weighted by atomic mass is 35.5. The average molecular weight is 421 g/mol. The van der Waals surface area contributed by atoms with Crippen LogP contribution in [-0.2, 0) is 0 Å². The van der Waals surface area contributed by atoms with E-state index in [1.54, 1.807) is 24.4 Å². The minimum absolute atomic E-state index is 0.0836. The molecule has 0 saturated carbocycles. The topological polar surface area (TPSA) is 81.2 Å². The minimum Gasteiger partial charge on any atom is -0.490 e. The molecular formula is C20H29ClN6O2. The second-order valence-electron chi connectivity index (χ2n) is 7.62. The van der Waals surface area contributed by atoms with Gasteiger partial charge in [-0.1, -0.05) is 11.6 Å². The summed E-state index contributed by atoms with van der Waals surface area (Å²) in [4.78, 5) is 21.4. The summed E-state index contributed by atoms with van der Waals surface area (Å²) in [6, 6.07) is 5.01. The summed E-state index contributed by atoms with van der Waals surface area (Å²) in [5, 5.41) is 9.34. The van der Waals surface area contributed by atoms with Crippen molar-refractivity contribution in [3.05, 3.63) is 35.1 Å². The number of aliphatic imine (C=N–C) groups is 1. The van der Waals surface area contributed by atoms with E-state index in [0.717, 1.165) is 25.3 Å². The van der Waals surface area contributed by atoms with E-state index >= 15 is 0 Å². The fourth-order valence-corrected chi connectivity index (χ4v) is 3.50. The third-order valence-electron chi connectivity index (χ3n) is 5.09. The van der Waals surface area contributed by atoms with Gasteiger partial charge < -0.3 is 20.3 Å². The van der Waals surface area contributed by atoms with Gasteiger partial charge in [0.05, 0.1) is 17.8 Å². The molecule has 0 spiro atoms. The monoisotopic (exact) mass is 420 g/mol. The van der Waals surface area contributed by atoms with Crippen molar-refractivity contribution in [3.63, 3.8) is 0 Å². The van der Waals surface area contributed by atoms with Crippen LogP contribution in [0.5, 0.6) is 5.75 Å². The maximum Gasteiger partial charge on any atom is 0.324 e. The number of allylic oxidation sites excluding steroid dienone is 1. The number of halogens is 1. The molecule has 0 bridgehead atoms. The normalized spacial score (nSPS) is 22.9. The van der Waals surface area contributed by atoms with E-state index < -0.39 is 6.03 Å². The summed E-state index contributed by atoms with van der Waals surface area (Å²) in [5.74, 6) is 1.13. The number of urea groups is 1. The molecule has 2 unspecified atom stereocenters. The molecule has 0 aromatic heterocycles. The van der Waals surface area contributed by atoms with Crippen LogP contribution in [0.1, 0.15) is 13.8 Å². The first kappa shape index (κ1) is 21.4. The molecule has 1 aromatic rings. The van der Waals surface area contributed by atoms with Crippen molar-refractivity contribution in [1.82, 2.24) is 20.4 Å². The molecule has 158 valence electrons. The molecule has 1 aromatic carbocycles. The number of likely N-dealkylation sites (N-methyl/N-ethyl adjacent to an activating group) is 2. The molecule has 0 aliphatic carbocycles. The molecule has 1 fully saturated rings. The molecule has 2 heterocycles. The lowest BCUT2D eigenvalue weighted by Gasteiger charge is -2.37. The van der Waals surface area contributed by atoms with Gasteiger partial charge in [0.2, 0.25) is 0 Å². The SMILES string of the molecule is CC1=CN=C(NC(=O)Nc2cc(Cl)ccc2OCC2CN(C)CCN2C)C(C)N1. The number of carbonyl (C=O) groups is 1. The zero-order valence-corrected chi connectivity index (χ0v) is 18.1. The van der Waals surface area contributed by atoms with Gasteiger partial charge in [-0.25, -0.2) is 9.79 Å². The maximum atomic E-state index is 12.5. The number of hydrogen-bond acceptors (Lipinski definition) is 6. The van der Waals surface area contributed by atoms with Crippen molar-refractivity contribution >= 4 is 29.2 Å². The fourth-order valence-electron chi connectivity index (χ4n) is 3.33. The van der Waals surface area contributed by atoms with Gasteiger partial charge >= 0.3 is 6.03 Å². The van der Waals surface area contributed by atoms with Crippen molar-refractivity contribution in [3.8, 4) is 5.75 Å². The smallest absolute Gasteiger partial charge is 0.324 e. The lowest BCUT2D eigenvalue weighted by Crippen LogP contribution is -2.52. The summed E-state index contributed by atoms with van der Waals surface area (Å²) in [7, 11) is 4.21. The summed E-state index contributed by atoms with van der Waals surface area (Å²) in [6.45, 7) is 7.37. The largest absolute Gasteiger partial charge is 0.490 e. The summed E-state index contributed by atoms with van der Waals surface area (Å²) in [5.41, 5.74) is 1.47. The van der Waals surface area contributed by atoms with Gasteiger partial charge in [0.1, 0.15) is 18.2 Å². The number of hydrogen-bond donors (Lipinski definition) is 3. The van der Waals surface area contributed by atoms with E-state index in [0.29, 0.717) is 28.9 Å². The van der Waals surface area contributed by atoms with Gasteiger partial charge in [-0.15, -0.1) is 0 Å². The molecule has 2 atom stereocenters. The Morgan fingerprint density at radius 1 is 1.34 bits per heavy atom. The summed E-state index contributed by atoms with van der Waals surface area (Å²) >= 11 is 6.14. The Hall–Kier alpha value is -2.29. The highest BCUT2D eigenvalue weighted by molar-refractivity contribution is 6.31. The molecule has 3 rings (SSSR count). The Morgan fingerprint density at radius 3 is 2.90 bits per heavy atom. The van der Waals surface area contributed by atoms with Crippen LogP contribution in [0, 0.1) is 0 Å². The average Bonchev–Trinajstić information content (AvgIpc) is 2.66. The minimum atomic E-state index is -0.396. The number of amides is 2. The second kappa shape index (κ2) is 9.47. The van der Waals surface area contributed by atoms with Crippen molar-refractivity contribution in [1.29, 1.82) is 0 Å². The molecule has 2 aliphatic heterocycles. The first-order chi connectivity index (χ1) is 13.8.